The molecule has 1 aliphatic rings. The third-order valence-electron chi connectivity index (χ3n) is 4.13. The monoisotopic (exact) mass is 303 g/mol. The van der Waals surface area contributed by atoms with Crippen molar-refractivity contribution < 1.29 is 4.79 Å². The Labute approximate surface area is 129 Å². The van der Waals surface area contributed by atoms with Gasteiger partial charge in [0.05, 0.1) is 24.2 Å². The molecule has 3 rings (SSSR count). The Bertz CT molecular complexity index is 660. The van der Waals surface area contributed by atoms with Gasteiger partial charge in [-0.3, -0.25) is 9.48 Å². The summed E-state index contributed by atoms with van der Waals surface area (Å²) in [5.74, 6) is 0.136. The van der Waals surface area contributed by atoms with Crippen LogP contribution in [0.15, 0.2) is 36.5 Å². The largest absolute Gasteiger partial charge is 0.334 e. The van der Waals surface area contributed by atoms with Crippen LogP contribution in [0, 0.1) is 0 Å². The zero-order valence-electron chi connectivity index (χ0n) is 12.2. The van der Waals surface area contributed by atoms with E-state index in [9.17, 15) is 4.79 Å². The molecule has 2 aromatic rings. The summed E-state index contributed by atoms with van der Waals surface area (Å²) >= 11 is 5.93. The van der Waals surface area contributed by atoms with Crippen LogP contribution in [0.2, 0.25) is 5.02 Å². The summed E-state index contributed by atoms with van der Waals surface area (Å²) in [5.41, 5.74) is 1.50. The first kappa shape index (κ1) is 14.1. The predicted octanol–water partition coefficient (Wildman–Crippen LogP) is 2.86. The summed E-state index contributed by atoms with van der Waals surface area (Å²) in [6.07, 6.45) is 1.79. The third kappa shape index (κ3) is 2.56. The smallest absolute Gasteiger partial charge is 0.233 e. The van der Waals surface area contributed by atoms with E-state index >= 15 is 0 Å². The van der Waals surface area contributed by atoms with E-state index in [4.69, 9.17) is 11.6 Å². The third-order valence-corrected chi connectivity index (χ3v) is 4.38. The second kappa shape index (κ2) is 5.19. The Kier molecular flexibility index (Phi) is 3.49. The van der Waals surface area contributed by atoms with Crippen LogP contribution >= 0.6 is 11.6 Å². The fourth-order valence-electron chi connectivity index (χ4n) is 2.74. The lowest BCUT2D eigenvalue weighted by molar-refractivity contribution is -0.137. The van der Waals surface area contributed by atoms with Crippen LogP contribution in [-0.2, 0) is 23.3 Å². The molecule has 0 aliphatic carbocycles. The van der Waals surface area contributed by atoms with Gasteiger partial charge in [0.1, 0.15) is 0 Å². The van der Waals surface area contributed by atoms with Crippen LogP contribution in [-0.4, -0.2) is 27.1 Å². The molecule has 110 valence electrons. The SMILES string of the molecule is CC(C)(C(=O)N1CCn2nccc2C1)c1ccc(Cl)cc1. The molecule has 0 unspecified atom stereocenters. The first-order valence-corrected chi connectivity index (χ1v) is 7.42. The maximum atomic E-state index is 12.9. The first-order chi connectivity index (χ1) is 9.98. The van der Waals surface area contributed by atoms with Crippen molar-refractivity contribution in [2.24, 2.45) is 0 Å². The standard InChI is InChI=1S/C16H18ClN3O/c1-16(2,12-3-5-13(17)6-4-12)15(21)19-9-10-20-14(11-19)7-8-18-20/h3-8H,9-11H2,1-2H3. The van der Waals surface area contributed by atoms with E-state index in [1.807, 2.05) is 53.8 Å². The van der Waals surface area contributed by atoms with Gasteiger partial charge in [-0.1, -0.05) is 23.7 Å². The van der Waals surface area contributed by atoms with Crippen molar-refractivity contribution in [3.8, 4) is 0 Å². The van der Waals surface area contributed by atoms with Crippen molar-refractivity contribution in [1.82, 2.24) is 14.7 Å². The predicted molar refractivity (Wildman–Crippen MR) is 82.1 cm³/mol. The highest BCUT2D eigenvalue weighted by molar-refractivity contribution is 6.30. The molecular weight excluding hydrogens is 286 g/mol. The van der Waals surface area contributed by atoms with Crippen LogP contribution < -0.4 is 0 Å². The quantitative estimate of drug-likeness (QED) is 0.855. The fourth-order valence-corrected chi connectivity index (χ4v) is 2.87. The molecule has 21 heavy (non-hydrogen) atoms. The summed E-state index contributed by atoms with van der Waals surface area (Å²) in [4.78, 5) is 14.8. The molecule has 0 N–H and O–H groups in total. The Hall–Kier alpha value is -1.81. The number of nitrogens with zero attached hydrogens (tertiary/aromatic N) is 3. The minimum absolute atomic E-state index is 0.136. The summed E-state index contributed by atoms with van der Waals surface area (Å²) < 4.78 is 1.96. The first-order valence-electron chi connectivity index (χ1n) is 7.04. The van der Waals surface area contributed by atoms with Crippen molar-refractivity contribution in [3.63, 3.8) is 0 Å². The molecule has 0 saturated heterocycles. The molecule has 0 spiro atoms. The molecule has 0 saturated carbocycles. The lowest BCUT2D eigenvalue weighted by Gasteiger charge is -2.35. The summed E-state index contributed by atoms with van der Waals surface area (Å²) in [7, 11) is 0. The van der Waals surface area contributed by atoms with Crippen LogP contribution in [0.3, 0.4) is 0 Å². The highest BCUT2D eigenvalue weighted by atomic mass is 35.5. The van der Waals surface area contributed by atoms with Gasteiger partial charge in [-0.15, -0.1) is 0 Å². The van der Waals surface area contributed by atoms with Gasteiger partial charge in [0, 0.05) is 17.8 Å². The molecular formula is C16H18ClN3O. The van der Waals surface area contributed by atoms with Crippen molar-refractivity contribution in [3.05, 3.63) is 52.8 Å². The van der Waals surface area contributed by atoms with Gasteiger partial charge in [-0.2, -0.15) is 5.10 Å². The van der Waals surface area contributed by atoms with E-state index < -0.39 is 5.41 Å². The van der Waals surface area contributed by atoms with Gasteiger partial charge in [-0.25, -0.2) is 0 Å². The van der Waals surface area contributed by atoms with Crippen molar-refractivity contribution in [1.29, 1.82) is 0 Å². The summed E-state index contributed by atoms with van der Waals surface area (Å²) in [6, 6.07) is 9.48. The van der Waals surface area contributed by atoms with Crippen LogP contribution in [0.25, 0.3) is 0 Å². The van der Waals surface area contributed by atoms with Crippen molar-refractivity contribution in [2.75, 3.05) is 6.54 Å². The molecule has 0 bridgehead atoms. The van der Waals surface area contributed by atoms with Gasteiger partial charge in [0.25, 0.3) is 0 Å². The molecule has 1 aromatic carbocycles. The highest BCUT2D eigenvalue weighted by Crippen LogP contribution is 2.28. The minimum atomic E-state index is -0.563. The van der Waals surface area contributed by atoms with Crippen molar-refractivity contribution in [2.45, 2.75) is 32.4 Å². The average molecular weight is 304 g/mol. The molecule has 5 heteroatoms. The maximum Gasteiger partial charge on any atom is 0.233 e. The molecule has 1 aliphatic heterocycles. The lowest BCUT2D eigenvalue weighted by Crippen LogP contribution is -2.46. The molecule has 0 atom stereocenters. The van der Waals surface area contributed by atoms with Gasteiger partial charge < -0.3 is 4.90 Å². The van der Waals surface area contributed by atoms with Crippen LogP contribution in [0.1, 0.15) is 25.1 Å². The molecule has 2 heterocycles. The van der Waals surface area contributed by atoms with Gasteiger partial charge in [-0.05, 0) is 37.6 Å². The number of aromatic nitrogens is 2. The lowest BCUT2D eigenvalue weighted by atomic mass is 9.83. The topological polar surface area (TPSA) is 38.1 Å². The zero-order chi connectivity index (χ0) is 15.0. The van der Waals surface area contributed by atoms with E-state index in [1.54, 1.807) is 6.20 Å². The Morgan fingerprint density at radius 1 is 1.19 bits per heavy atom. The normalized spacial score (nSPS) is 14.9. The molecule has 0 fully saturated rings. The van der Waals surface area contributed by atoms with Gasteiger partial charge in [0.2, 0.25) is 5.91 Å². The van der Waals surface area contributed by atoms with Crippen LogP contribution in [0.5, 0.6) is 0 Å². The second-order valence-electron chi connectivity index (χ2n) is 5.90. The average Bonchev–Trinajstić information content (AvgIpc) is 2.94. The van der Waals surface area contributed by atoms with Gasteiger partial charge >= 0.3 is 0 Å². The highest BCUT2D eigenvalue weighted by Gasteiger charge is 2.35. The molecule has 0 radical (unpaired) electrons. The molecule has 1 amide bonds. The Morgan fingerprint density at radius 3 is 2.62 bits per heavy atom. The number of halogens is 1. The zero-order valence-corrected chi connectivity index (χ0v) is 13.0. The number of fused-ring (bicyclic) bond motifs is 1. The number of carbonyl (C=O) groups is 1. The Balaban J connectivity index is 1.83. The fraction of sp³-hybridized carbons (Fsp3) is 0.375. The van der Waals surface area contributed by atoms with Crippen LogP contribution in [0.4, 0.5) is 0 Å². The Morgan fingerprint density at radius 2 is 1.90 bits per heavy atom. The van der Waals surface area contributed by atoms with E-state index in [1.165, 1.54) is 0 Å². The number of amides is 1. The molecule has 1 aromatic heterocycles. The maximum absolute atomic E-state index is 12.9. The van der Waals surface area contributed by atoms with E-state index in [0.717, 1.165) is 17.8 Å². The summed E-state index contributed by atoms with van der Waals surface area (Å²) in [6.45, 7) is 6.00. The number of rotatable bonds is 2. The van der Waals surface area contributed by atoms with E-state index in [-0.39, 0.29) is 5.91 Å². The summed E-state index contributed by atoms with van der Waals surface area (Å²) in [5, 5.41) is 4.93. The van der Waals surface area contributed by atoms with E-state index in [0.29, 0.717) is 18.1 Å². The number of hydrogen-bond acceptors (Lipinski definition) is 2. The second-order valence-corrected chi connectivity index (χ2v) is 6.34. The minimum Gasteiger partial charge on any atom is -0.334 e. The van der Waals surface area contributed by atoms with Crippen molar-refractivity contribution >= 4 is 17.5 Å². The molecule has 4 nitrogen and oxygen atoms in total. The number of hydrogen-bond donors (Lipinski definition) is 0. The van der Waals surface area contributed by atoms with E-state index in [2.05, 4.69) is 5.10 Å². The number of carbonyl (C=O) groups excluding carboxylic acids is 1. The van der Waals surface area contributed by atoms with Gasteiger partial charge in [0.15, 0.2) is 0 Å². The number of benzene rings is 1.